The van der Waals surface area contributed by atoms with E-state index in [-0.39, 0.29) is 23.3 Å². The van der Waals surface area contributed by atoms with E-state index in [0.717, 1.165) is 13.0 Å². The molecular formula is C12H18Cl2N2O2S. The molecule has 1 aromatic rings. The quantitative estimate of drug-likeness (QED) is 0.894. The molecule has 1 aliphatic rings. The molecule has 0 aromatic heterocycles. The second-order valence-electron chi connectivity index (χ2n) is 4.66. The van der Waals surface area contributed by atoms with E-state index in [1.165, 1.54) is 6.07 Å². The van der Waals surface area contributed by atoms with Crippen LogP contribution >= 0.6 is 24.0 Å². The van der Waals surface area contributed by atoms with E-state index in [4.69, 9.17) is 11.6 Å². The lowest BCUT2D eigenvalue weighted by Crippen LogP contribution is -2.50. The molecule has 0 saturated carbocycles. The summed E-state index contributed by atoms with van der Waals surface area (Å²) in [6.45, 7) is 3.67. The summed E-state index contributed by atoms with van der Waals surface area (Å²) in [5.41, 5.74) is 0. The van der Waals surface area contributed by atoms with Crippen LogP contribution in [0.5, 0.6) is 0 Å². The van der Waals surface area contributed by atoms with Gasteiger partial charge in [-0.1, -0.05) is 24.6 Å². The normalized spacial score (nSPS) is 23.7. The molecule has 2 N–H and O–H groups in total. The molecule has 0 amide bonds. The van der Waals surface area contributed by atoms with Gasteiger partial charge in [0.1, 0.15) is 0 Å². The summed E-state index contributed by atoms with van der Waals surface area (Å²) in [7, 11) is -3.49. The van der Waals surface area contributed by atoms with Crippen LogP contribution in [0.25, 0.3) is 0 Å². The zero-order valence-electron chi connectivity index (χ0n) is 10.6. The van der Waals surface area contributed by atoms with Crippen molar-refractivity contribution in [3.63, 3.8) is 0 Å². The van der Waals surface area contributed by atoms with Crippen molar-refractivity contribution < 1.29 is 8.42 Å². The van der Waals surface area contributed by atoms with Crippen LogP contribution in [-0.4, -0.2) is 27.5 Å². The Labute approximate surface area is 125 Å². The van der Waals surface area contributed by atoms with Gasteiger partial charge in [0.25, 0.3) is 0 Å². The smallest absolute Gasteiger partial charge is 0.240 e. The molecule has 0 radical (unpaired) electrons. The minimum absolute atomic E-state index is 0. The van der Waals surface area contributed by atoms with Crippen LogP contribution in [0.15, 0.2) is 29.2 Å². The van der Waals surface area contributed by atoms with Gasteiger partial charge in [0, 0.05) is 17.6 Å². The molecule has 19 heavy (non-hydrogen) atoms. The lowest BCUT2D eigenvalue weighted by Gasteiger charge is -2.29. The summed E-state index contributed by atoms with van der Waals surface area (Å²) in [5.74, 6) is 0.334. The van der Waals surface area contributed by atoms with Crippen molar-refractivity contribution in [2.24, 2.45) is 5.92 Å². The van der Waals surface area contributed by atoms with Crippen molar-refractivity contribution in [1.29, 1.82) is 0 Å². The molecule has 0 aliphatic carbocycles. The van der Waals surface area contributed by atoms with Crippen LogP contribution in [0.2, 0.25) is 5.02 Å². The van der Waals surface area contributed by atoms with Gasteiger partial charge in [0.15, 0.2) is 0 Å². The zero-order valence-corrected chi connectivity index (χ0v) is 13.0. The van der Waals surface area contributed by atoms with E-state index in [1.54, 1.807) is 18.2 Å². The second kappa shape index (κ2) is 6.90. The highest BCUT2D eigenvalue weighted by molar-refractivity contribution is 7.89. The maximum atomic E-state index is 12.2. The number of hydrogen-bond donors (Lipinski definition) is 2. The maximum Gasteiger partial charge on any atom is 0.240 e. The van der Waals surface area contributed by atoms with Crippen molar-refractivity contribution >= 4 is 34.0 Å². The van der Waals surface area contributed by atoms with E-state index in [1.807, 2.05) is 0 Å². The van der Waals surface area contributed by atoms with Gasteiger partial charge in [-0.25, -0.2) is 13.1 Å². The Balaban J connectivity index is 0.00000180. The Morgan fingerprint density at radius 1 is 1.42 bits per heavy atom. The summed E-state index contributed by atoms with van der Waals surface area (Å²) < 4.78 is 27.1. The van der Waals surface area contributed by atoms with Crippen molar-refractivity contribution in [3.05, 3.63) is 29.3 Å². The number of halogens is 2. The first kappa shape index (κ1) is 16.7. The molecule has 108 valence electrons. The van der Waals surface area contributed by atoms with Crippen LogP contribution in [0, 0.1) is 5.92 Å². The van der Waals surface area contributed by atoms with E-state index in [0.29, 0.717) is 17.5 Å². The van der Waals surface area contributed by atoms with Gasteiger partial charge in [-0.05, 0) is 37.1 Å². The number of benzene rings is 1. The second-order valence-corrected chi connectivity index (χ2v) is 6.81. The highest BCUT2D eigenvalue weighted by atomic mass is 35.5. The number of hydrogen-bond acceptors (Lipinski definition) is 3. The topological polar surface area (TPSA) is 58.2 Å². The van der Waals surface area contributed by atoms with Crippen LogP contribution in [-0.2, 0) is 10.0 Å². The molecule has 1 saturated heterocycles. The lowest BCUT2D eigenvalue weighted by molar-refractivity contribution is 0.327. The third-order valence-corrected chi connectivity index (χ3v) is 4.96. The van der Waals surface area contributed by atoms with Crippen LogP contribution in [0.1, 0.15) is 13.3 Å². The predicted octanol–water partition coefficient (Wildman–Crippen LogP) is 2.04. The largest absolute Gasteiger partial charge is 0.315 e. The highest BCUT2D eigenvalue weighted by Gasteiger charge is 2.26. The van der Waals surface area contributed by atoms with Gasteiger partial charge in [-0.15, -0.1) is 12.4 Å². The van der Waals surface area contributed by atoms with E-state index < -0.39 is 10.0 Å². The predicted molar refractivity (Wildman–Crippen MR) is 79.5 cm³/mol. The van der Waals surface area contributed by atoms with Gasteiger partial charge in [-0.2, -0.15) is 0 Å². The van der Waals surface area contributed by atoms with Gasteiger partial charge in [0.2, 0.25) is 10.0 Å². The number of sulfonamides is 1. The summed E-state index contributed by atoms with van der Waals surface area (Å²) in [4.78, 5) is 0.216. The Morgan fingerprint density at radius 2 is 2.16 bits per heavy atom. The maximum absolute atomic E-state index is 12.2. The molecule has 2 rings (SSSR count). The van der Waals surface area contributed by atoms with Gasteiger partial charge >= 0.3 is 0 Å². The van der Waals surface area contributed by atoms with Crippen molar-refractivity contribution in [2.75, 3.05) is 13.1 Å². The van der Waals surface area contributed by atoms with E-state index in [2.05, 4.69) is 17.0 Å². The fourth-order valence-corrected chi connectivity index (χ4v) is 3.69. The molecule has 1 aromatic carbocycles. The van der Waals surface area contributed by atoms with Crippen LogP contribution in [0.3, 0.4) is 0 Å². The molecule has 4 nitrogen and oxygen atoms in total. The van der Waals surface area contributed by atoms with Gasteiger partial charge < -0.3 is 5.32 Å². The first-order valence-corrected chi connectivity index (χ1v) is 7.84. The third kappa shape index (κ3) is 4.33. The zero-order chi connectivity index (χ0) is 13.2. The summed E-state index contributed by atoms with van der Waals surface area (Å²) in [5, 5.41) is 3.62. The Bertz CT molecular complexity index is 522. The first-order valence-electron chi connectivity index (χ1n) is 5.97. The fraction of sp³-hybridized carbons (Fsp3) is 0.500. The molecule has 0 bridgehead atoms. The molecule has 2 unspecified atom stereocenters. The Hall–Kier alpha value is -0.330. The van der Waals surface area contributed by atoms with Crippen molar-refractivity contribution in [2.45, 2.75) is 24.3 Å². The minimum atomic E-state index is -3.49. The highest BCUT2D eigenvalue weighted by Crippen LogP contribution is 2.18. The lowest BCUT2D eigenvalue weighted by atomic mass is 9.96. The summed E-state index contributed by atoms with van der Waals surface area (Å²) in [6.07, 6.45) is 0.975. The van der Waals surface area contributed by atoms with Gasteiger partial charge in [0.05, 0.1) is 4.90 Å². The summed E-state index contributed by atoms with van der Waals surface area (Å²) in [6, 6.07) is 6.24. The standard InChI is InChI=1S/C12H17ClN2O2S.ClH/c1-9-5-6-14-8-12(9)15-18(16,17)11-4-2-3-10(13)7-11;/h2-4,7,9,12,14-15H,5-6,8H2,1H3;1H. The molecule has 1 heterocycles. The third-order valence-electron chi connectivity index (χ3n) is 3.24. The monoisotopic (exact) mass is 324 g/mol. The molecule has 2 atom stereocenters. The van der Waals surface area contributed by atoms with Crippen LogP contribution < -0.4 is 10.0 Å². The molecule has 1 aliphatic heterocycles. The fourth-order valence-electron chi connectivity index (χ4n) is 2.05. The van der Waals surface area contributed by atoms with Gasteiger partial charge in [-0.3, -0.25) is 0 Å². The first-order chi connectivity index (χ1) is 8.49. The van der Waals surface area contributed by atoms with Crippen molar-refractivity contribution in [3.8, 4) is 0 Å². The SMILES string of the molecule is CC1CCNCC1NS(=O)(=O)c1cccc(Cl)c1.Cl. The molecule has 7 heteroatoms. The van der Waals surface area contributed by atoms with E-state index in [9.17, 15) is 8.42 Å². The molecular weight excluding hydrogens is 307 g/mol. The summed E-state index contributed by atoms with van der Waals surface area (Å²) >= 11 is 5.82. The van der Waals surface area contributed by atoms with E-state index >= 15 is 0 Å². The number of rotatable bonds is 3. The average molecular weight is 325 g/mol. The van der Waals surface area contributed by atoms with Crippen LogP contribution in [0.4, 0.5) is 0 Å². The van der Waals surface area contributed by atoms with Crippen molar-refractivity contribution in [1.82, 2.24) is 10.0 Å². The molecule has 1 fully saturated rings. The number of nitrogens with one attached hydrogen (secondary N) is 2. The Kier molecular flexibility index (Phi) is 6.08. The minimum Gasteiger partial charge on any atom is -0.315 e. The number of piperidine rings is 1. The Morgan fingerprint density at radius 3 is 2.79 bits per heavy atom. The average Bonchev–Trinajstić information content (AvgIpc) is 2.32. The molecule has 0 spiro atoms.